The van der Waals surface area contributed by atoms with Crippen LogP contribution in [0.2, 0.25) is 0 Å². The quantitative estimate of drug-likeness (QED) is 0.506. The van der Waals surface area contributed by atoms with Crippen molar-refractivity contribution < 1.29 is 4.79 Å². The lowest BCUT2D eigenvalue weighted by Gasteiger charge is -2.11. The summed E-state index contributed by atoms with van der Waals surface area (Å²) in [7, 11) is 3.95. The van der Waals surface area contributed by atoms with Gasteiger partial charge in [0.25, 0.3) is 0 Å². The van der Waals surface area contributed by atoms with E-state index in [1.54, 1.807) is 0 Å². The first-order valence-electron chi connectivity index (χ1n) is 9.93. The van der Waals surface area contributed by atoms with Crippen LogP contribution < -0.4 is 10.6 Å². The maximum absolute atomic E-state index is 12.0. The monoisotopic (exact) mass is 399 g/mol. The van der Waals surface area contributed by atoms with Gasteiger partial charge >= 0.3 is 6.03 Å². The summed E-state index contributed by atoms with van der Waals surface area (Å²) in [6.07, 6.45) is 1.85. The Morgan fingerprint density at radius 3 is 2.43 bits per heavy atom. The Bertz CT molecular complexity index is 1130. The molecule has 30 heavy (non-hydrogen) atoms. The van der Waals surface area contributed by atoms with E-state index in [1.807, 2.05) is 73.9 Å². The van der Waals surface area contributed by atoms with Crippen LogP contribution in [-0.4, -0.2) is 47.7 Å². The number of nitrogens with one attached hydrogen (secondary N) is 2. The highest BCUT2D eigenvalue weighted by Gasteiger charge is 2.07. The number of carbonyl (C=O) groups is 1. The molecule has 2 amide bonds. The van der Waals surface area contributed by atoms with Crippen LogP contribution in [0.1, 0.15) is 0 Å². The van der Waals surface area contributed by atoms with E-state index in [2.05, 4.69) is 44.5 Å². The number of urea groups is 1. The van der Waals surface area contributed by atoms with E-state index >= 15 is 0 Å². The van der Waals surface area contributed by atoms with Crippen molar-refractivity contribution in [3.05, 3.63) is 79.1 Å². The second-order valence-electron chi connectivity index (χ2n) is 7.42. The van der Waals surface area contributed by atoms with Crippen LogP contribution in [0.25, 0.3) is 27.8 Å². The lowest BCUT2D eigenvalue weighted by Crippen LogP contribution is -2.34. The van der Waals surface area contributed by atoms with Crippen molar-refractivity contribution in [3.8, 4) is 16.8 Å². The number of fused-ring (bicyclic) bond motifs is 1. The molecule has 3 aromatic carbocycles. The largest absolute Gasteiger partial charge is 0.337 e. The van der Waals surface area contributed by atoms with Gasteiger partial charge in [0, 0.05) is 24.5 Å². The van der Waals surface area contributed by atoms with Crippen molar-refractivity contribution >= 4 is 22.8 Å². The van der Waals surface area contributed by atoms with Gasteiger partial charge in [-0.25, -0.2) is 9.78 Å². The van der Waals surface area contributed by atoms with Gasteiger partial charge in [0.15, 0.2) is 0 Å². The Balaban J connectivity index is 1.51. The van der Waals surface area contributed by atoms with E-state index in [4.69, 9.17) is 0 Å². The summed E-state index contributed by atoms with van der Waals surface area (Å²) < 4.78 is 2.09. The number of likely N-dealkylation sites (N-methyl/N-ethyl adjacent to an activating group) is 1. The molecule has 1 heterocycles. The molecular weight excluding hydrogens is 374 g/mol. The molecule has 4 aromatic rings. The number of nitrogens with zero attached hydrogens (tertiary/aromatic N) is 3. The van der Waals surface area contributed by atoms with Crippen molar-refractivity contribution in [2.45, 2.75) is 0 Å². The summed E-state index contributed by atoms with van der Waals surface area (Å²) in [5.74, 6) is 0. The molecule has 0 unspecified atom stereocenters. The highest BCUT2D eigenvalue weighted by atomic mass is 16.2. The van der Waals surface area contributed by atoms with Crippen LogP contribution in [0, 0.1) is 0 Å². The molecule has 0 aliphatic heterocycles. The fourth-order valence-corrected chi connectivity index (χ4v) is 3.30. The number of benzene rings is 3. The summed E-state index contributed by atoms with van der Waals surface area (Å²) in [6.45, 7) is 1.40. The zero-order valence-corrected chi connectivity index (χ0v) is 17.2. The zero-order chi connectivity index (χ0) is 20.9. The van der Waals surface area contributed by atoms with Gasteiger partial charge in [0.05, 0.1) is 11.0 Å². The van der Waals surface area contributed by atoms with E-state index in [0.717, 1.165) is 40.1 Å². The molecular formula is C24H25N5O. The second-order valence-corrected chi connectivity index (χ2v) is 7.42. The third kappa shape index (κ3) is 4.50. The number of rotatable bonds is 6. The van der Waals surface area contributed by atoms with Crippen LogP contribution in [0.15, 0.2) is 79.1 Å². The third-order valence-corrected chi connectivity index (χ3v) is 4.90. The van der Waals surface area contributed by atoms with Crippen molar-refractivity contribution in [2.24, 2.45) is 0 Å². The fourth-order valence-electron chi connectivity index (χ4n) is 3.30. The Morgan fingerprint density at radius 1 is 0.967 bits per heavy atom. The minimum Gasteiger partial charge on any atom is -0.337 e. The average molecular weight is 399 g/mol. The number of imidazole rings is 1. The lowest BCUT2D eigenvalue weighted by molar-refractivity contribution is 0.250. The molecule has 6 nitrogen and oxygen atoms in total. The number of hydrogen-bond donors (Lipinski definition) is 2. The highest BCUT2D eigenvalue weighted by Crippen LogP contribution is 2.26. The summed E-state index contributed by atoms with van der Waals surface area (Å²) in [4.78, 5) is 18.5. The van der Waals surface area contributed by atoms with Gasteiger partial charge in [0.2, 0.25) is 0 Å². The molecule has 6 heteroatoms. The minimum absolute atomic E-state index is 0.196. The Hall–Kier alpha value is -3.64. The van der Waals surface area contributed by atoms with Gasteiger partial charge in [0.1, 0.15) is 6.33 Å². The van der Waals surface area contributed by atoms with E-state index in [1.165, 1.54) is 0 Å². The molecule has 0 saturated carbocycles. The van der Waals surface area contributed by atoms with Crippen LogP contribution in [-0.2, 0) is 0 Å². The third-order valence-electron chi connectivity index (χ3n) is 4.90. The minimum atomic E-state index is -0.196. The summed E-state index contributed by atoms with van der Waals surface area (Å²) >= 11 is 0. The molecule has 1 aromatic heterocycles. The first-order chi connectivity index (χ1) is 14.6. The SMILES string of the molecule is CN(C)CCNC(=O)Nc1ccc(-c2ccc3ncn(-c4ccccc4)c3c2)cc1. The van der Waals surface area contributed by atoms with Crippen LogP contribution in [0.3, 0.4) is 0 Å². The molecule has 0 bridgehead atoms. The van der Waals surface area contributed by atoms with Gasteiger partial charge in [-0.3, -0.25) is 4.57 Å². The first-order valence-corrected chi connectivity index (χ1v) is 9.93. The molecule has 0 atom stereocenters. The van der Waals surface area contributed by atoms with E-state index < -0.39 is 0 Å². The fraction of sp³-hybridized carbons (Fsp3) is 0.167. The van der Waals surface area contributed by atoms with Gasteiger partial charge in [-0.2, -0.15) is 0 Å². The normalized spacial score (nSPS) is 11.0. The predicted octanol–water partition coefficient (Wildman–Crippen LogP) is 4.38. The molecule has 152 valence electrons. The standard InChI is InChI=1S/C24H25N5O/c1-28(2)15-14-25-24(30)27-20-11-8-18(9-12-20)19-10-13-22-23(16-19)29(17-26-22)21-6-4-3-5-7-21/h3-13,16-17H,14-15H2,1-2H3,(H2,25,27,30). The molecule has 0 fully saturated rings. The highest BCUT2D eigenvalue weighted by molar-refractivity contribution is 5.90. The smallest absolute Gasteiger partial charge is 0.319 e. The van der Waals surface area contributed by atoms with Gasteiger partial charge in [-0.05, 0) is 61.6 Å². The summed E-state index contributed by atoms with van der Waals surface area (Å²) in [5, 5.41) is 5.71. The van der Waals surface area contributed by atoms with Crippen LogP contribution in [0.4, 0.5) is 10.5 Å². The van der Waals surface area contributed by atoms with Gasteiger partial charge in [-0.15, -0.1) is 0 Å². The number of amides is 2. The van der Waals surface area contributed by atoms with Crippen molar-refractivity contribution in [2.75, 3.05) is 32.5 Å². The van der Waals surface area contributed by atoms with Crippen LogP contribution >= 0.6 is 0 Å². The van der Waals surface area contributed by atoms with Gasteiger partial charge in [-0.1, -0.05) is 36.4 Å². The number of anilines is 1. The van der Waals surface area contributed by atoms with Crippen molar-refractivity contribution in [3.63, 3.8) is 0 Å². The molecule has 0 aliphatic rings. The number of aromatic nitrogens is 2. The molecule has 4 rings (SSSR count). The summed E-state index contributed by atoms with van der Waals surface area (Å²) in [5.41, 5.74) is 6.03. The maximum Gasteiger partial charge on any atom is 0.319 e. The van der Waals surface area contributed by atoms with E-state index in [-0.39, 0.29) is 6.03 Å². The maximum atomic E-state index is 12.0. The Kier molecular flexibility index (Phi) is 5.77. The van der Waals surface area contributed by atoms with E-state index in [0.29, 0.717) is 6.54 Å². The number of para-hydroxylation sites is 1. The topological polar surface area (TPSA) is 62.2 Å². The first kappa shape index (κ1) is 19.7. The second kappa shape index (κ2) is 8.80. The number of hydrogen-bond acceptors (Lipinski definition) is 3. The molecule has 0 aliphatic carbocycles. The predicted molar refractivity (Wildman–Crippen MR) is 122 cm³/mol. The summed E-state index contributed by atoms with van der Waals surface area (Å²) in [6, 6.07) is 24.1. The van der Waals surface area contributed by atoms with E-state index in [9.17, 15) is 4.79 Å². The van der Waals surface area contributed by atoms with Crippen molar-refractivity contribution in [1.29, 1.82) is 0 Å². The van der Waals surface area contributed by atoms with Crippen molar-refractivity contribution in [1.82, 2.24) is 19.8 Å². The molecule has 0 radical (unpaired) electrons. The Labute approximate surface area is 176 Å². The lowest BCUT2D eigenvalue weighted by atomic mass is 10.0. The molecule has 0 spiro atoms. The zero-order valence-electron chi connectivity index (χ0n) is 17.2. The van der Waals surface area contributed by atoms with Gasteiger partial charge < -0.3 is 15.5 Å². The average Bonchev–Trinajstić information content (AvgIpc) is 3.18. The molecule has 2 N–H and O–H groups in total. The number of carbonyl (C=O) groups excluding carboxylic acids is 1. The Morgan fingerprint density at radius 2 is 1.70 bits per heavy atom. The van der Waals surface area contributed by atoms with Crippen LogP contribution in [0.5, 0.6) is 0 Å². The molecule has 0 saturated heterocycles.